The van der Waals surface area contributed by atoms with Gasteiger partial charge in [-0.1, -0.05) is 0 Å². The van der Waals surface area contributed by atoms with Crippen LogP contribution in [0.25, 0.3) is 0 Å². The first kappa shape index (κ1) is 12.6. The molecule has 1 aromatic heterocycles. The topological polar surface area (TPSA) is 53.7 Å². The van der Waals surface area contributed by atoms with Crippen LogP contribution in [0.4, 0.5) is 0 Å². The lowest BCUT2D eigenvalue weighted by Gasteiger charge is -2.36. The zero-order valence-electron chi connectivity index (χ0n) is 9.78. The molecule has 2 heterocycles. The molecule has 1 fully saturated rings. The summed E-state index contributed by atoms with van der Waals surface area (Å²) in [7, 11) is 0. The lowest BCUT2D eigenvalue weighted by atomic mass is 9.80. The number of carbonyl (C=O) groups is 1. The Bertz CT molecular complexity index is 408. The van der Waals surface area contributed by atoms with E-state index in [0.717, 1.165) is 29.9 Å². The summed E-state index contributed by atoms with van der Waals surface area (Å²) in [5, 5.41) is 9.14. The lowest BCUT2D eigenvalue weighted by Crippen LogP contribution is -2.42. The number of rotatable bonds is 3. The van der Waals surface area contributed by atoms with Crippen LogP contribution in [0.3, 0.4) is 0 Å². The Balaban J connectivity index is 1.92. The van der Waals surface area contributed by atoms with Gasteiger partial charge >= 0.3 is 5.97 Å². The van der Waals surface area contributed by atoms with Crippen LogP contribution in [-0.4, -0.2) is 29.1 Å². The Morgan fingerprint density at radius 2 is 2.24 bits per heavy atom. The number of furan rings is 1. The van der Waals surface area contributed by atoms with Crippen LogP contribution in [0, 0.1) is 5.41 Å². The normalized spacial score (nSPS) is 20.4. The van der Waals surface area contributed by atoms with E-state index in [1.807, 2.05) is 13.0 Å². The highest BCUT2D eigenvalue weighted by molar-refractivity contribution is 9.10. The van der Waals surface area contributed by atoms with Gasteiger partial charge in [-0.3, -0.25) is 9.69 Å². The van der Waals surface area contributed by atoms with Crippen molar-refractivity contribution >= 4 is 21.9 Å². The van der Waals surface area contributed by atoms with E-state index in [9.17, 15) is 4.79 Å². The van der Waals surface area contributed by atoms with Crippen molar-refractivity contribution in [2.75, 3.05) is 13.1 Å². The third kappa shape index (κ3) is 2.72. The fourth-order valence-electron chi connectivity index (χ4n) is 2.06. The molecular weight excluding hydrogens is 286 g/mol. The largest absolute Gasteiger partial charge is 0.481 e. The fourth-order valence-corrected chi connectivity index (χ4v) is 2.39. The highest BCUT2D eigenvalue weighted by Gasteiger charge is 2.36. The van der Waals surface area contributed by atoms with Crippen molar-refractivity contribution in [2.45, 2.75) is 26.3 Å². The van der Waals surface area contributed by atoms with Gasteiger partial charge in [0.05, 0.1) is 22.7 Å². The second-order valence-corrected chi connectivity index (χ2v) is 5.69. The maximum Gasteiger partial charge on any atom is 0.309 e. The van der Waals surface area contributed by atoms with E-state index in [0.29, 0.717) is 12.8 Å². The van der Waals surface area contributed by atoms with Crippen molar-refractivity contribution in [3.8, 4) is 0 Å². The van der Waals surface area contributed by atoms with E-state index in [-0.39, 0.29) is 0 Å². The molecule has 5 heteroatoms. The summed E-state index contributed by atoms with van der Waals surface area (Å²) in [5.41, 5.74) is -0.559. The molecule has 1 N–H and O–H groups in total. The summed E-state index contributed by atoms with van der Waals surface area (Å²) in [6.07, 6.45) is 3.05. The number of aliphatic carboxylic acids is 1. The molecule has 94 valence electrons. The molecule has 0 aliphatic carbocycles. The molecule has 1 saturated heterocycles. The molecule has 17 heavy (non-hydrogen) atoms. The fraction of sp³-hybridized carbons (Fsp3) is 0.583. The van der Waals surface area contributed by atoms with Gasteiger partial charge in [0.1, 0.15) is 5.76 Å². The average Bonchev–Trinajstić information content (AvgIpc) is 2.68. The average molecular weight is 302 g/mol. The van der Waals surface area contributed by atoms with Crippen LogP contribution < -0.4 is 0 Å². The Hall–Kier alpha value is -0.810. The van der Waals surface area contributed by atoms with Gasteiger partial charge in [0.2, 0.25) is 0 Å². The molecule has 0 radical (unpaired) electrons. The summed E-state index contributed by atoms with van der Waals surface area (Å²) in [6, 6.07) is 1.88. The zero-order valence-corrected chi connectivity index (χ0v) is 11.4. The highest BCUT2D eigenvalue weighted by atomic mass is 79.9. The van der Waals surface area contributed by atoms with Gasteiger partial charge in [-0.2, -0.15) is 0 Å². The Morgan fingerprint density at radius 3 is 2.71 bits per heavy atom. The van der Waals surface area contributed by atoms with E-state index in [1.165, 1.54) is 0 Å². The van der Waals surface area contributed by atoms with Crippen molar-refractivity contribution < 1.29 is 14.3 Å². The van der Waals surface area contributed by atoms with Crippen LogP contribution in [0.2, 0.25) is 0 Å². The maximum absolute atomic E-state index is 11.1. The number of likely N-dealkylation sites (tertiary alicyclic amines) is 1. The number of hydrogen-bond acceptors (Lipinski definition) is 3. The second-order valence-electron chi connectivity index (χ2n) is 4.83. The standard InChI is InChI=1S/C12H16BrNO3/c1-12(11(15)16)3-5-14(6-4-12)8-10-9(13)2-7-17-10/h2,7H,3-6,8H2,1H3,(H,15,16). The SMILES string of the molecule is CC1(C(=O)O)CCN(Cc2occc2Br)CC1. The molecule has 0 unspecified atom stereocenters. The molecule has 0 atom stereocenters. The Morgan fingerprint density at radius 1 is 1.59 bits per heavy atom. The molecule has 0 aromatic carbocycles. The minimum absolute atomic E-state index is 0.559. The number of carboxylic acid groups (broad SMARTS) is 1. The summed E-state index contributed by atoms with van der Waals surface area (Å²) in [4.78, 5) is 13.3. The smallest absolute Gasteiger partial charge is 0.309 e. The van der Waals surface area contributed by atoms with Gasteiger partial charge in [-0.25, -0.2) is 0 Å². The first-order valence-electron chi connectivity index (χ1n) is 5.69. The van der Waals surface area contributed by atoms with Gasteiger partial charge in [0.25, 0.3) is 0 Å². The zero-order chi connectivity index (χ0) is 12.5. The predicted octanol–water partition coefficient (Wildman–Crippen LogP) is 2.73. The number of carboxylic acids is 1. The summed E-state index contributed by atoms with van der Waals surface area (Å²) in [6.45, 7) is 4.17. The Labute approximate surface area is 109 Å². The van der Waals surface area contributed by atoms with E-state index in [1.54, 1.807) is 6.26 Å². The first-order chi connectivity index (χ1) is 8.01. The quantitative estimate of drug-likeness (QED) is 0.933. The third-order valence-electron chi connectivity index (χ3n) is 3.53. The van der Waals surface area contributed by atoms with Crippen molar-refractivity contribution in [2.24, 2.45) is 5.41 Å². The highest BCUT2D eigenvalue weighted by Crippen LogP contribution is 2.32. The summed E-state index contributed by atoms with van der Waals surface area (Å²) in [5.74, 6) is 0.222. The third-order valence-corrected chi connectivity index (χ3v) is 4.24. The minimum Gasteiger partial charge on any atom is -0.481 e. The van der Waals surface area contributed by atoms with Crippen molar-refractivity contribution in [1.82, 2.24) is 4.90 Å². The van der Waals surface area contributed by atoms with Gasteiger partial charge < -0.3 is 9.52 Å². The molecule has 0 amide bonds. The molecule has 4 nitrogen and oxygen atoms in total. The molecule has 1 aliphatic heterocycles. The molecule has 0 saturated carbocycles. The van der Waals surface area contributed by atoms with Crippen molar-refractivity contribution in [1.29, 1.82) is 0 Å². The van der Waals surface area contributed by atoms with Crippen molar-refractivity contribution in [3.63, 3.8) is 0 Å². The van der Waals surface area contributed by atoms with E-state index in [2.05, 4.69) is 20.8 Å². The van der Waals surface area contributed by atoms with Crippen LogP contribution in [0.5, 0.6) is 0 Å². The summed E-state index contributed by atoms with van der Waals surface area (Å²) >= 11 is 3.42. The van der Waals surface area contributed by atoms with Gasteiger partial charge in [0, 0.05) is 0 Å². The monoisotopic (exact) mass is 301 g/mol. The molecule has 0 bridgehead atoms. The molecule has 2 rings (SSSR count). The minimum atomic E-state index is -0.684. The first-order valence-corrected chi connectivity index (χ1v) is 6.48. The van der Waals surface area contributed by atoms with Gasteiger partial charge in [-0.15, -0.1) is 0 Å². The molecule has 1 aromatic rings. The lowest BCUT2D eigenvalue weighted by molar-refractivity contribution is -0.150. The van der Waals surface area contributed by atoms with Crippen molar-refractivity contribution in [3.05, 3.63) is 22.6 Å². The molecular formula is C12H16BrNO3. The number of nitrogens with zero attached hydrogens (tertiary/aromatic N) is 1. The van der Waals surface area contributed by atoms with Crippen LogP contribution in [-0.2, 0) is 11.3 Å². The summed E-state index contributed by atoms with van der Waals surface area (Å²) < 4.78 is 6.34. The van der Waals surface area contributed by atoms with E-state index in [4.69, 9.17) is 9.52 Å². The maximum atomic E-state index is 11.1. The van der Waals surface area contributed by atoms with E-state index >= 15 is 0 Å². The number of hydrogen-bond donors (Lipinski definition) is 1. The second kappa shape index (κ2) is 4.82. The van der Waals surface area contributed by atoms with Gasteiger partial charge in [0.15, 0.2) is 0 Å². The van der Waals surface area contributed by atoms with Crippen LogP contribution in [0.1, 0.15) is 25.5 Å². The molecule has 0 spiro atoms. The predicted molar refractivity (Wildman–Crippen MR) is 66.7 cm³/mol. The van der Waals surface area contributed by atoms with E-state index < -0.39 is 11.4 Å². The molecule has 1 aliphatic rings. The van der Waals surface area contributed by atoms with Crippen LogP contribution in [0.15, 0.2) is 21.2 Å². The van der Waals surface area contributed by atoms with Crippen LogP contribution >= 0.6 is 15.9 Å². The number of piperidine rings is 1. The van der Waals surface area contributed by atoms with Gasteiger partial charge in [-0.05, 0) is 54.9 Å². The number of halogens is 1. The Kier molecular flexibility index (Phi) is 3.58.